The second-order valence-electron chi connectivity index (χ2n) is 5.15. The molecule has 116 valence electrons. The molecule has 4 rings (SSSR count). The molecule has 2 N–H and O–H groups in total. The summed E-state index contributed by atoms with van der Waals surface area (Å²) >= 11 is 0. The van der Waals surface area contributed by atoms with E-state index in [1.54, 1.807) is 24.3 Å². The van der Waals surface area contributed by atoms with Crippen molar-refractivity contribution in [2.75, 3.05) is 15.3 Å². The van der Waals surface area contributed by atoms with Gasteiger partial charge in [0.15, 0.2) is 0 Å². The summed E-state index contributed by atoms with van der Waals surface area (Å²) < 4.78 is 13.4. The Morgan fingerprint density at radius 1 is 1.09 bits per heavy atom. The van der Waals surface area contributed by atoms with Gasteiger partial charge in [-0.3, -0.25) is 14.8 Å². The van der Waals surface area contributed by atoms with Crippen LogP contribution in [0.4, 0.5) is 21.5 Å². The highest BCUT2D eigenvalue weighted by Crippen LogP contribution is 2.38. The van der Waals surface area contributed by atoms with Crippen LogP contribution >= 0.6 is 0 Å². The lowest BCUT2D eigenvalue weighted by Crippen LogP contribution is -2.50. The molecule has 2 aliphatic heterocycles. The van der Waals surface area contributed by atoms with Crippen LogP contribution in [0.25, 0.3) is 0 Å². The van der Waals surface area contributed by atoms with Gasteiger partial charge in [-0.05, 0) is 30.3 Å². The number of nitrogens with zero attached hydrogens (tertiary/aromatic N) is 3. The van der Waals surface area contributed by atoms with E-state index in [1.807, 2.05) is 0 Å². The quantitative estimate of drug-likeness (QED) is 0.781. The average molecular weight is 314 g/mol. The zero-order chi connectivity index (χ0) is 16.1. The maximum absolute atomic E-state index is 13.4. The summed E-state index contributed by atoms with van der Waals surface area (Å²) in [4.78, 5) is 24.8. The molecule has 1 fully saturated rings. The van der Waals surface area contributed by atoms with Crippen LogP contribution in [0, 0.1) is 5.82 Å². The highest BCUT2D eigenvalue weighted by molar-refractivity contribution is 6.21. The van der Waals surface area contributed by atoms with Crippen molar-refractivity contribution >= 4 is 28.9 Å². The van der Waals surface area contributed by atoms with Gasteiger partial charge in [0, 0.05) is 5.28 Å². The molecule has 1 unspecified atom stereocenters. The van der Waals surface area contributed by atoms with E-state index in [9.17, 15) is 19.2 Å². The zero-order valence-corrected chi connectivity index (χ0v) is 11.7. The van der Waals surface area contributed by atoms with Crippen LogP contribution < -0.4 is 15.3 Å². The van der Waals surface area contributed by atoms with Gasteiger partial charge in [0.1, 0.15) is 5.82 Å². The van der Waals surface area contributed by atoms with Crippen molar-refractivity contribution in [2.24, 2.45) is 0 Å². The molecule has 2 aliphatic rings. The lowest BCUT2D eigenvalue weighted by atomic mass is 10.1. The number of benzene rings is 2. The number of nitrogens with one attached hydrogen (secondary N) is 1. The summed E-state index contributed by atoms with van der Waals surface area (Å²) in [6.07, 6.45) is 0. The number of hydrogen-bond donors (Lipinski definition) is 2. The van der Waals surface area contributed by atoms with Gasteiger partial charge in [-0.15, -0.1) is 0 Å². The predicted molar refractivity (Wildman–Crippen MR) is 78.9 cm³/mol. The summed E-state index contributed by atoms with van der Waals surface area (Å²) in [6, 6.07) is 10.7. The summed E-state index contributed by atoms with van der Waals surface area (Å²) in [6.45, 7) is 0. The first-order valence-electron chi connectivity index (χ1n) is 6.85. The fourth-order valence-corrected chi connectivity index (χ4v) is 2.79. The van der Waals surface area contributed by atoms with Crippen LogP contribution in [0.15, 0.2) is 48.5 Å². The van der Waals surface area contributed by atoms with E-state index < -0.39 is 23.7 Å². The first kappa shape index (κ1) is 13.7. The largest absolute Gasteiger partial charge is 0.322 e. The average Bonchev–Trinajstić information content (AvgIpc) is 2.80. The van der Waals surface area contributed by atoms with Crippen molar-refractivity contribution in [1.82, 2.24) is 5.28 Å². The lowest BCUT2D eigenvalue weighted by molar-refractivity contribution is -0.127. The number of halogens is 1. The fourth-order valence-electron chi connectivity index (χ4n) is 2.79. The summed E-state index contributed by atoms with van der Waals surface area (Å²) in [5, 5.41) is 15.6. The molecule has 23 heavy (non-hydrogen) atoms. The van der Waals surface area contributed by atoms with Crippen LogP contribution in [0.2, 0.25) is 0 Å². The molecule has 0 saturated carbocycles. The first-order valence-corrected chi connectivity index (χ1v) is 6.85. The molecule has 2 amide bonds. The Labute approximate surface area is 130 Å². The molecule has 2 aromatic rings. The van der Waals surface area contributed by atoms with E-state index in [0.29, 0.717) is 16.7 Å². The lowest BCUT2D eigenvalue weighted by Gasteiger charge is -2.33. The van der Waals surface area contributed by atoms with Gasteiger partial charge in [0.05, 0.1) is 17.1 Å². The van der Waals surface area contributed by atoms with Gasteiger partial charge in [-0.1, -0.05) is 18.2 Å². The molecule has 7 nitrogen and oxygen atoms in total. The minimum Gasteiger partial charge on any atom is -0.322 e. The van der Waals surface area contributed by atoms with E-state index in [2.05, 4.69) is 5.32 Å². The number of hydrazine groups is 2. The molecule has 8 heteroatoms. The molecule has 2 aromatic carbocycles. The highest BCUT2D eigenvalue weighted by atomic mass is 19.1. The number of fused-ring (bicyclic) bond motifs is 3. The molecule has 2 heterocycles. The number of carbonyl (C=O) groups is 2. The number of carbonyl (C=O) groups excluding carboxylic acids is 2. The summed E-state index contributed by atoms with van der Waals surface area (Å²) in [5.74, 6) is -1.80. The molecule has 1 saturated heterocycles. The molecular formula is C15H11FN4O3. The second-order valence-corrected chi connectivity index (χ2v) is 5.15. The Morgan fingerprint density at radius 3 is 2.65 bits per heavy atom. The molecule has 0 radical (unpaired) electrons. The maximum atomic E-state index is 13.4. The molecule has 0 bridgehead atoms. The Morgan fingerprint density at radius 2 is 1.87 bits per heavy atom. The van der Waals surface area contributed by atoms with Crippen molar-refractivity contribution in [3.05, 3.63) is 54.3 Å². The van der Waals surface area contributed by atoms with Crippen molar-refractivity contribution in [2.45, 2.75) is 6.04 Å². The Hall–Kier alpha value is -2.97. The molecule has 0 spiro atoms. The van der Waals surface area contributed by atoms with Crippen LogP contribution in [0.5, 0.6) is 0 Å². The van der Waals surface area contributed by atoms with Crippen molar-refractivity contribution in [1.29, 1.82) is 0 Å². The number of amides is 2. The van der Waals surface area contributed by atoms with E-state index in [-0.39, 0.29) is 5.69 Å². The third kappa shape index (κ3) is 1.89. The minimum absolute atomic E-state index is 0.122. The first-order chi connectivity index (χ1) is 11.1. The van der Waals surface area contributed by atoms with Gasteiger partial charge in [-0.2, -0.15) is 5.01 Å². The van der Waals surface area contributed by atoms with Crippen molar-refractivity contribution in [3.8, 4) is 0 Å². The van der Waals surface area contributed by atoms with Crippen LogP contribution in [0.3, 0.4) is 0 Å². The molecule has 0 aliphatic carbocycles. The monoisotopic (exact) mass is 314 g/mol. The summed E-state index contributed by atoms with van der Waals surface area (Å²) in [5.41, 5.74) is 1.06. The van der Waals surface area contributed by atoms with Gasteiger partial charge in [0.25, 0.3) is 11.8 Å². The number of para-hydroxylation sites is 2. The van der Waals surface area contributed by atoms with Gasteiger partial charge in [-0.25, -0.2) is 9.40 Å². The van der Waals surface area contributed by atoms with E-state index in [1.165, 1.54) is 23.2 Å². The van der Waals surface area contributed by atoms with E-state index in [4.69, 9.17) is 0 Å². The Bertz CT molecular complexity index is 828. The third-order valence-corrected chi connectivity index (χ3v) is 3.77. The zero-order valence-electron chi connectivity index (χ0n) is 11.7. The fraction of sp³-hybridized carbons (Fsp3) is 0.0667. The van der Waals surface area contributed by atoms with Crippen molar-refractivity contribution < 1.29 is 19.2 Å². The SMILES string of the molecule is O=C1Nc2ccccc2N2C1C(=O)N(c1cccc(F)c1)N2O. The van der Waals surface area contributed by atoms with Gasteiger partial charge in [0.2, 0.25) is 6.04 Å². The molecular weight excluding hydrogens is 303 g/mol. The number of rotatable bonds is 1. The minimum atomic E-state index is -1.25. The Kier molecular flexibility index (Phi) is 2.83. The Balaban J connectivity index is 1.83. The van der Waals surface area contributed by atoms with Crippen molar-refractivity contribution in [3.63, 3.8) is 0 Å². The van der Waals surface area contributed by atoms with Crippen LogP contribution in [0.1, 0.15) is 0 Å². The van der Waals surface area contributed by atoms with E-state index in [0.717, 1.165) is 11.1 Å². The number of hydrogen-bond acceptors (Lipinski definition) is 5. The van der Waals surface area contributed by atoms with Gasteiger partial charge < -0.3 is 5.32 Å². The molecule has 1 atom stereocenters. The smallest absolute Gasteiger partial charge is 0.279 e. The number of anilines is 3. The van der Waals surface area contributed by atoms with E-state index >= 15 is 0 Å². The highest BCUT2D eigenvalue weighted by Gasteiger charge is 2.52. The predicted octanol–water partition coefficient (Wildman–Crippen LogP) is 1.52. The third-order valence-electron chi connectivity index (χ3n) is 3.77. The molecule has 0 aromatic heterocycles. The second kappa shape index (κ2) is 4.77. The van der Waals surface area contributed by atoms with Gasteiger partial charge >= 0.3 is 0 Å². The normalized spacial score (nSPS) is 20.3. The standard InChI is InChI=1S/C15H11FN4O3/c16-9-4-3-5-10(8-9)18-15(22)13-14(21)17-11-6-1-2-7-12(11)19(13)20(18)23/h1-8,13,23H,(H,17,21). The van der Waals surface area contributed by atoms with Crippen LogP contribution in [-0.4, -0.2) is 28.3 Å². The topological polar surface area (TPSA) is 76.1 Å². The maximum Gasteiger partial charge on any atom is 0.279 e. The summed E-state index contributed by atoms with van der Waals surface area (Å²) in [7, 11) is 0. The van der Waals surface area contributed by atoms with Crippen LogP contribution in [-0.2, 0) is 9.59 Å².